The molecule has 0 saturated heterocycles. The third kappa shape index (κ3) is 6.32. The molecular weight excluding hydrogens is 409 g/mol. The van der Waals surface area contributed by atoms with E-state index in [1.165, 1.54) is 0 Å². The van der Waals surface area contributed by atoms with Gasteiger partial charge < -0.3 is 17.2 Å². The van der Waals surface area contributed by atoms with Crippen LogP contribution in [0.25, 0.3) is 0 Å². The van der Waals surface area contributed by atoms with Crippen LogP contribution < -0.4 is 22.6 Å². The average molecular weight is 429 g/mol. The van der Waals surface area contributed by atoms with Crippen molar-refractivity contribution in [3.8, 4) is 0 Å². The van der Waals surface area contributed by atoms with Crippen molar-refractivity contribution in [3.05, 3.63) is 57.6 Å². The molecule has 0 spiro atoms. The lowest BCUT2D eigenvalue weighted by Crippen LogP contribution is -2.28. The van der Waals surface area contributed by atoms with Crippen LogP contribution in [0.1, 0.15) is 25.0 Å². The van der Waals surface area contributed by atoms with Gasteiger partial charge in [-0.15, -0.1) is 17.5 Å². The molecule has 2 rings (SSSR count). The average Bonchev–Trinajstić information content (AvgIpc) is 2.57. The summed E-state index contributed by atoms with van der Waals surface area (Å²) in [4.78, 5) is 0. The highest BCUT2D eigenvalue weighted by atomic mass is 35.5. The summed E-state index contributed by atoms with van der Waals surface area (Å²) in [7, 11) is 0. The monoisotopic (exact) mass is 427 g/mol. The molecule has 27 heavy (non-hydrogen) atoms. The predicted molar refractivity (Wildman–Crippen MR) is 118 cm³/mol. The van der Waals surface area contributed by atoms with E-state index in [4.69, 9.17) is 40.4 Å². The predicted octanol–water partition coefficient (Wildman–Crippen LogP) is 3.63. The molecule has 0 aliphatic carbocycles. The van der Waals surface area contributed by atoms with Gasteiger partial charge >= 0.3 is 0 Å². The van der Waals surface area contributed by atoms with Crippen molar-refractivity contribution < 1.29 is 0 Å². The number of nitrogens with two attached hydrogens (primary N) is 3. The number of nitrogens with zero attached hydrogens (tertiary/aromatic N) is 3. The van der Waals surface area contributed by atoms with Crippen LogP contribution in [0.3, 0.4) is 0 Å². The smallest absolute Gasteiger partial charge is 0.234 e. The number of nitrogen functional groups attached to an aromatic ring is 2. The van der Waals surface area contributed by atoms with E-state index in [1.54, 1.807) is 50.2 Å². The van der Waals surface area contributed by atoms with Crippen molar-refractivity contribution in [2.45, 2.75) is 13.8 Å². The van der Waals surface area contributed by atoms with E-state index in [0.717, 1.165) is 11.1 Å². The molecule has 0 aliphatic heterocycles. The maximum absolute atomic E-state index is 5.92. The second-order valence-electron chi connectivity index (χ2n) is 5.44. The number of guanidine groups is 1. The minimum atomic E-state index is 0. The first-order valence-corrected chi connectivity index (χ1v) is 8.32. The summed E-state index contributed by atoms with van der Waals surface area (Å²) in [5.41, 5.74) is 23.9. The summed E-state index contributed by atoms with van der Waals surface area (Å²) in [5.74, 6) is 0.0174. The van der Waals surface area contributed by atoms with Crippen LogP contribution in [0, 0.1) is 0 Å². The Labute approximate surface area is 173 Å². The number of hydrogen-bond acceptors (Lipinski definition) is 5. The summed E-state index contributed by atoms with van der Waals surface area (Å²) in [5, 5.41) is 13.2. The Balaban J connectivity index is 0.00000364. The summed E-state index contributed by atoms with van der Waals surface area (Å²) < 4.78 is 0. The summed E-state index contributed by atoms with van der Waals surface area (Å²) in [6.45, 7) is 3.54. The first-order chi connectivity index (χ1) is 12.3. The van der Waals surface area contributed by atoms with Gasteiger partial charge in [0.1, 0.15) is 0 Å². The SMILES string of the molecule is C/C(=N\N=C(/N)N/N=C(\C)c1ccc(Cl)cc1N)c1ccc(Cl)cc1N.Cl. The van der Waals surface area contributed by atoms with Crippen molar-refractivity contribution in [1.82, 2.24) is 5.43 Å². The zero-order chi connectivity index (χ0) is 19.3. The van der Waals surface area contributed by atoms with Crippen LogP contribution in [-0.4, -0.2) is 17.4 Å². The molecule has 144 valence electrons. The third-order valence-electron chi connectivity index (χ3n) is 3.45. The summed E-state index contributed by atoms with van der Waals surface area (Å²) >= 11 is 11.8. The van der Waals surface area contributed by atoms with Crippen LogP contribution in [-0.2, 0) is 0 Å². The fourth-order valence-corrected chi connectivity index (χ4v) is 2.49. The van der Waals surface area contributed by atoms with Gasteiger partial charge in [0.25, 0.3) is 0 Å². The molecule has 10 heteroatoms. The molecule has 2 aromatic carbocycles. The number of nitrogens with one attached hydrogen (secondary N) is 1. The van der Waals surface area contributed by atoms with Gasteiger partial charge in [-0.2, -0.15) is 10.2 Å². The van der Waals surface area contributed by atoms with Crippen LogP contribution in [0.5, 0.6) is 0 Å². The van der Waals surface area contributed by atoms with Gasteiger partial charge in [-0.3, -0.25) is 0 Å². The number of benzene rings is 2. The molecule has 0 unspecified atom stereocenters. The van der Waals surface area contributed by atoms with E-state index in [0.29, 0.717) is 32.8 Å². The van der Waals surface area contributed by atoms with Crippen molar-refractivity contribution in [3.63, 3.8) is 0 Å². The molecule has 0 saturated carbocycles. The topological polar surface area (TPSA) is 127 Å². The van der Waals surface area contributed by atoms with E-state index < -0.39 is 0 Å². The van der Waals surface area contributed by atoms with E-state index in [-0.39, 0.29) is 18.4 Å². The van der Waals surface area contributed by atoms with E-state index in [9.17, 15) is 0 Å². The maximum Gasteiger partial charge on any atom is 0.234 e. The second kappa shape index (κ2) is 10.0. The van der Waals surface area contributed by atoms with Crippen LogP contribution in [0.4, 0.5) is 11.4 Å². The highest BCUT2D eigenvalue weighted by molar-refractivity contribution is 6.31. The Bertz CT molecular complexity index is 907. The third-order valence-corrected chi connectivity index (χ3v) is 3.92. The van der Waals surface area contributed by atoms with Crippen LogP contribution in [0.2, 0.25) is 10.0 Å². The van der Waals surface area contributed by atoms with Gasteiger partial charge in [0.2, 0.25) is 5.96 Å². The number of halogens is 3. The Morgan fingerprint density at radius 3 is 1.81 bits per heavy atom. The molecule has 0 amide bonds. The van der Waals surface area contributed by atoms with Crippen molar-refractivity contribution in [1.29, 1.82) is 0 Å². The lowest BCUT2D eigenvalue weighted by molar-refractivity contribution is 0.983. The van der Waals surface area contributed by atoms with E-state index >= 15 is 0 Å². The molecule has 0 heterocycles. The highest BCUT2D eigenvalue weighted by Crippen LogP contribution is 2.19. The molecule has 0 aliphatic rings. The van der Waals surface area contributed by atoms with Gasteiger partial charge in [0.05, 0.1) is 11.4 Å². The zero-order valence-electron chi connectivity index (χ0n) is 14.7. The Kier molecular flexibility index (Phi) is 8.36. The Hall–Kier alpha value is -2.48. The lowest BCUT2D eigenvalue weighted by atomic mass is 10.1. The molecule has 7 nitrogen and oxygen atoms in total. The number of anilines is 2. The Morgan fingerprint density at radius 2 is 1.33 bits per heavy atom. The fourth-order valence-electron chi connectivity index (χ4n) is 2.13. The number of rotatable bonds is 4. The molecule has 0 bridgehead atoms. The number of hydrazone groups is 1. The summed E-state index contributed by atoms with van der Waals surface area (Å²) in [6.07, 6.45) is 0. The van der Waals surface area contributed by atoms with Gasteiger partial charge in [-0.05, 0) is 50.2 Å². The normalized spacial score (nSPS) is 12.5. The van der Waals surface area contributed by atoms with Gasteiger partial charge in [0, 0.05) is 32.5 Å². The van der Waals surface area contributed by atoms with Crippen LogP contribution in [0.15, 0.2) is 51.7 Å². The molecule has 0 aromatic heterocycles. The lowest BCUT2D eigenvalue weighted by Gasteiger charge is -2.06. The standard InChI is InChI=1S/C17H19Cl2N7.ClH/c1-9(13-5-3-11(18)7-15(13)20)23-25-17(22)26-24-10(2)14-6-4-12(19)8-16(14)21;/h3-8H,20-21H2,1-2H3,(H3,22,25,26);1H/b23-9+,24-10+;. The molecule has 7 N–H and O–H groups in total. The first kappa shape index (κ1) is 22.6. The first-order valence-electron chi connectivity index (χ1n) is 7.56. The minimum absolute atomic E-state index is 0. The van der Waals surface area contributed by atoms with Crippen molar-refractivity contribution in [2.75, 3.05) is 11.5 Å². The molecule has 0 fully saturated rings. The van der Waals surface area contributed by atoms with Gasteiger partial charge in [-0.1, -0.05) is 23.2 Å². The van der Waals surface area contributed by atoms with Gasteiger partial charge in [0.15, 0.2) is 0 Å². The molecular formula is C17H20Cl3N7. The van der Waals surface area contributed by atoms with Gasteiger partial charge in [-0.25, -0.2) is 5.43 Å². The Morgan fingerprint density at radius 1 is 0.852 bits per heavy atom. The largest absolute Gasteiger partial charge is 0.398 e. The fraction of sp³-hybridized carbons (Fsp3) is 0.118. The van der Waals surface area contributed by atoms with Crippen LogP contribution >= 0.6 is 35.6 Å². The van der Waals surface area contributed by atoms with E-state index in [2.05, 4.69) is 20.7 Å². The zero-order valence-corrected chi connectivity index (χ0v) is 17.0. The van der Waals surface area contributed by atoms with Crippen molar-refractivity contribution >= 4 is 64.4 Å². The quantitative estimate of drug-likeness (QED) is 0.256. The maximum atomic E-state index is 5.92. The van der Waals surface area contributed by atoms with E-state index in [1.807, 2.05) is 0 Å². The second-order valence-corrected chi connectivity index (χ2v) is 6.32. The van der Waals surface area contributed by atoms with Crippen molar-refractivity contribution in [2.24, 2.45) is 21.0 Å². The molecule has 2 aromatic rings. The molecule has 0 radical (unpaired) electrons. The number of hydrogen-bond donors (Lipinski definition) is 4. The highest BCUT2D eigenvalue weighted by Gasteiger charge is 2.05. The summed E-state index contributed by atoms with van der Waals surface area (Å²) in [6, 6.07) is 10.3. The molecule has 0 atom stereocenters. The minimum Gasteiger partial charge on any atom is -0.398 e.